The normalized spacial score (nSPS) is 13.2. The molecule has 6 heteroatoms. The van der Waals surface area contributed by atoms with Crippen LogP contribution in [0.1, 0.15) is 258 Å². The third-order valence-electron chi connectivity index (χ3n) is 11.8. The number of aliphatic hydroxyl groups excluding tert-OH is 2. The van der Waals surface area contributed by atoms with E-state index in [2.05, 4.69) is 67.8 Å². The van der Waals surface area contributed by atoms with E-state index in [1.54, 1.807) is 6.08 Å². The Kier molecular flexibility index (Phi) is 49.2. The summed E-state index contributed by atoms with van der Waals surface area (Å²) in [5, 5.41) is 23.0. The minimum Gasteiger partial charge on any atom is -0.466 e. The summed E-state index contributed by atoms with van der Waals surface area (Å²) in [6, 6.07) is -0.646. The molecule has 0 aromatic heterocycles. The SMILES string of the molecule is CCCCC/C=C\C/C=C\CCCCCCCC(=O)OCCCCC/C=C\C=C/CCCCCCCCC(=O)NC(CO)C(O)/C=C/CCCCCCCCCCCCCCC. The van der Waals surface area contributed by atoms with E-state index in [1.165, 1.54) is 141 Å². The molecule has 62 heavy (non-hydrogen) atoms. The lowest BCUT2D eigenvalue weighted by Crippen LogP contribution is -2.45. The van der Waals surface area contributed by atoms with Crippen LogP contribution >= 0.6 is 0 Å². The molecule has 0 bridgehead atoms. The second-order valence-corrected chi connectivity index (χ2v) is 17.9. The molecule has 0 aromatic carbocycles. The van der Waals surface area contributed by atoms with Gasteiger partial charge in [0.1, 0.15) is 0 Å². The van der Waals surface area contributed by atoms with Crippen LogP contribution in [0.2, 0.25) is 0 Å². The maximum absolute atomic E-state index is 12.4. The molecular weight excluding hydrogens is 767 g/mol. The average Bonchev–Trinajstić information content (AvgIpc) is 3.27. The molecule has 6 nitrogen and oxygen atoms in total. The molecule has 0 aliphatic carbocycles. The van der Waals surface area contributed by atoms with Gasteiger partial charge in [-0.1, -0.05) is 209 Å². The summed E-state index contributed by atoms with van der Waals surface area (Å²) in [7, 11) is 0. The van der Waals surface area contributed by atoms with E-state index in [1.807, 2.05) is 6.08 Å². The van der Waals surface area contributed by atoms with Crippen LogP contribution in [0.5, 0.6) is 0 Å². The topological polar surface area (TPSA) is 95.9 Å². The highest BCUT2D eigenvalue weighted by Gasteiger charge is 2.18. The Labute approximate surface area is 384 Å². The number of allylic oxidation sites excluding steroid dienone is 9. The van der Waals surface area contributed by atoms with Gasteiger partial charge in [0, 0.05) is 12.8 Å². The highest BCUT2D eigenvalue weighted by Crippen LogP contribution is 2.14. The fraction of sp³-hybridized carbons (Fsp3) is 0.786. The number of esters is 1. The molecule has 0 aliphatic rings. The number of carbonyl (C=O) groups is 2. The van der Waals surface area contributed by atoms with Gasteiger partial charge in [-0.25, -0.2) is 0 Å². The van der Waals surface area contributed by atoms with Crippen molar-refractivity contribution in [2.24, 2.45) is 0 Å². The number of hydrogen-bond acceptors (Lipinski definition) is 5. The second-order valence-electron chi connectivity index (χ2n) is 17.9. The Morgan fingerprint density at radius 1 is 0.468 bits per heavy atom. The zero-order chi connectivity index (χ0) is 45.1. The molecule has 3 N–H and O–H groups in total. The first kappa shape index (κ1) is 59.6. The smallest absolute Gasteiger partial charge is 0.305 e. The third kappa shape index (κ3) is 47.0. The number of rotatable bonds is 48. The van der Waals surface area contributed by atoms with Crippen molar-refractivity contribution < 1.29 is 24.5 Å². The molecule has 0 saturated carbocycles. The lowest BCUT2D eigenvalue weighted by Gasteiger charge is -2.20. The Balaban J connectivity index is 3.58. The first-order chi connectivity index (χ1) is 30.5. The van der Waals surface area contributed by atoms with Crippen LogP contribution in [0.25, 0.3) is 0 Å². The molecule has 2 unspecified atom stereocenters. The van der Waals surface area contributed by atoms with E-state index < -0.39 is 12.1 Å². The fourth-order valence-corrected chi connectivity index (χ4v) is 7.65. The number of amides is 1. The van der Waals surface area contributed by atoms with E-state index in [4.69, 9.17) is 4.74 Å². The molecule has 0 aromatic rings. The maximum Gasteiger partial charge on any atom is 0.305 e. The van der Waals surface area contributed by atoms with Gasteiger partial charge in [0.05, 0.1) is 25.4 Å². The molecule has 0 saturated heterocycles. The monoisotopic (exact) mass is 868 g/mol. The highest BCUT2D eigenvalue weighted by atomic mass is 16.5. The van der Waals surface area contributed by atoms with E-state index >= 15 is 0 Å². The summed E-state index contributed by atoms with van der Waals surface area (Å²) >= 11 is 0. The van der Waals surface area contributed by atoms with E-state index in [0.717, 1.165) is 89.9 Å². The van der Waals surface area contributed by atoms with Crippen molar-refractivity contribution in [3.8, 4) is 0 Å². The van der Waals surface area contributed by atoms with Crippen molar-refractivity contribution in [2.45, 2.75) is 270 Å². The van der Waals surface area contributed by atoms with Gasteiger partial charge < -0.3 is 20.3 Å². The largest absolute Gasteiger partial charge is 0.466 e. The summed E-state index contributed by atoms with van der Waals surface area (Å²) in [6.07, 6.45) is 65.1. The summed E-state index contributed by atoms with van der Waals surface area (Å²) in [5.41, 5.74) is 0. The van der Waals surface area contributed by atoms with Gasteiger partial charge in [-0.15, -0.1) is 0 Å². The number of carbonyl (C=O) groups excluding carboxylic acids is 2. The Bertz CT molecular complexity index is 1090. The zero-order valence-corrected chi connectivity index (χ0v) is 40.8. The Morgan fingerprint density at radius 2 is 0.855 bits per heavy atom. The summed E-state index contributed by atoms with van der Waals surface area (Å²) in [4.78, 5) is 24.4. The minimum absolute atomic E-state index is 0.0379. The first-order valence-corrected chi connectivity index (χ1v) is 26.6. The average molecular weight is 868 g/mol. The first-order valence-electron chi connectivity index (χ1n) is 26.6. The van der Waals surface area contributed by atoms with Crippen LogP contribution in [0.15, 0.2) is 60.8 Å². The molecule has 2 atom stereocenters. The molecule has 360 valence electrons. The second kappa shape index (κ2) is 51.2. The Hall–Kier alpha value is -2.44. The van der Waals surface area contributed by atoms with Crippen molar-refractivity contribution in [1.82, 2.24) is 5.32 Å². The van der Waals surface area contributed by atoms with Crippen LogP contribution in [0.3, 0.4) is 0 Å². The van der Waals surface area contributed by atoms with Crippen LogP contribution < -0.4 is 5.32 Å². The molecular formula is C56H101NO5. The van der Waals surface area contributed by atoms with Crippen LogP contribution in [0, 0.1) is 0 Å². The predicted octanol–water partition coefficient (Wildman–Crippen LogP) is 16.0. The lowest BCUT2D eigenvalue weighted by molar-refractivity contribution is -0.143. The van der Waals surface area contributed by atoms with Gasteiger partial charge in [0.2, 0.25) is 5.91 Å². The van der Waals surface area contributed by atoms with Gasteiger partial charge >= 0.3 is 5.97 Å². The standard InChI is InChI=1S/C56H101NO5/c1-3-5-7-9-11-13-15-17-20-24-28-32-36-40-44-48-54(59)53(52-58)57-55(60)49-45-41-37-33-29-25-22-19-23-27-31-35-39-43-47-51-62-56(61)50-46-42-38-34-30-26-21-18-16-14-12-10-8-6-4-2/h12,14,18-19,21,23,27,31,44,48,53-54,58-59H,3-11,13,15-17,20,22,24-26,28-30,32-43,45-47,49-52H2,1-2H3,(H,57,60)/b14-12-,21-18-,23-19-,31-27-,48-44+. The minimum atomic E-state index is -0.860. The quantitative estimate of drug-likeness (QED) is 0.0245. The molecule has 0 radical (unpaired) electrons. The van der Waals surface area contributed by atoms with E-state index in [0.29, 0.717) is 19.4 Å². The van der Waals surface area contributed by atoms with Crippen molar-refractivity contribution >= 4 is 11.9 Å². The van der Waals surface area contributed by atoms with E-state index in [9.17, 15) is 19.8 Å². The van der Waals surface area contributed by atoms with Crippen molar-refractivity contribution in [3.63, 3.8) is 0 Å². The van der Waals surface area contributed by atoms with Gasteiger partial charge in [-0.3, -0.25) is 9.59 Å². The Morgan fingerprint density at radius 3 is 1.35 bits per heavy atom. The summed E-state index contributed by atoms with van der Waals surface area (Å²) in [5.74, 6) is -0.130. The highest BCUT2D eigenvalue weighted by molar-refractivity contribution is 5.76. The number of hydrogen-bond donors (Lipinski definition) is 3. The zero-order valence-electron chi connectivity index (χ0n) is 40.8. The molecule has 0 spiro atoms. The molecule has 0 rings (SSSR count). The summed E-state index contributed by atoms with van der Waals surface area (Å²) < 4.78 is 5.43. The van der Waals surface area contributed by atoms with Gasteiger partial charge in [-0.2, -0.15) is 0 Å². The van der Waals surface area contributed by atoms with Crippen LogP contribution in [0.4, 0.5) is 0 Å². The van der Waals surface area contributed by atoms with Gasteiger partial charge in [0.15, 0.2) is 0 Å². The molecule has 0 heterocycles. The van der Waals surface area contributed by atoms with Gasteiger partial charge in [-0.05, 0) is 96.3 Å². The third-order valence-corrected chi connectivity index (χ3v) is 11.8. The fourth-order valence-electron chi connectivity index (χ4n) is 7.65. The number of unbranched alkanes of at least 4 members (excludes halogenated alkanes) is 30. The van der Waals surface area contributed by atoms with Crippen molar-refractivity contribution in [2.75, 3.05) is 13.2 Å². The predicted molar refractivity (Wildman–Crippen MR) is 268 cm³/mol. The van der Waals surface area contributed by atoms with Crippen LogP contribution in [-0.4, -0.2) is 47.4 Å². The number of ether oxygens (including phenoxy) is 1. The number of nitrogens with one attached hydrogen (secondary N) is 1. The van der Waals surface area contributed by atoms with E-state index in [-0.39, 0.29) is 18.5 Å². The van der Waals surface area contributed by atoms with Gasteiger partial charge in [0.25, 0.3) is 0 Å². The molecule has 0 aliphatic heterocycles. The molecule has 1 amide bonds. The maximum atomic E-state index is 12.4. The van der Waals surface area contributed by atoms with Crippen molar-refractivity contribution in [3.05, 3.63) is 60.8 Å². The number of aliphatic hydroxyl groups is 2. The van der Waals surface area contributed by atoms with Crippen LogP contribution in [-0.2, 0) is 14.3 Å². The lowest BCUT2D eigenvalue weighted by atomic mass is 10.0. The molecule has 0 fully saturated rings. The summed E-state index contributed by atoms with van der Waals surface area (Å²) in [6.45, 7) is 4.80. The van der Waals surface area contributed by atoms with Crippen molar-refractivity contribution in [1.29, 1.82) is 0 Å².